The van der Waals surface area contributed by atoms with Crippen molar-refractivity contribution in [3.63, 3.8) is 0 Å². The molecule has 0 saturated carbocycles. The molecule has 0 aliphatic carbocycles. The number of pyridine rings is 3. The highest BCUT2D eigenvalue weighted by Gasteiger charge is 2.14. The number of benzene rings is 1. The first-order valence-electron chi connectivity index (χ1n) is 8.96. The topological polar surface area (TPSA) is 83.7 Å². The van der Waals surface area contributed by atoms with Crippen LogP contribution >= 0.6 is 11.8 Å². The molecule has 3 heterocycles. The van der Waals surface area contributed by atoms with Crippen molar-refractivity contribution >= 4 is 23.4 Å². The third kappa shape index (κ3) is 5.12. The van der Waals surface area contributed by atoms with Crippen molar-refractivity contribution in [2.45, 2.75) is 9.92 Å². The van der Waals surface area contributed by atoms with Gasteiger partial charge < -0.3 is 10.1 Å². The number of anilines is 2. The molecule has 0 fully saturated rings. The third-order valence-electron chi connectivity index (χ3n) is 3.94. The number of hydrogen-bond acceptors (Lipinski definition) is 7. The molecule has 0 radical (unpaired) electrons. The Hall–Kier alpha value is -4.03. The number of halogens is 2. The van der Waals surface area contributed by atoms with E-state index in [-0.39, 0.29) is 17.3 Å². The van der Waals surface area contributed by atoms with Crippen LogP contribution in [-0.2, 0) is 0 Å². The quantitative estimate of drug-likeness (QED) is 0.417. The van der Waals surface area contributed by atoms with Gasteiger partial charge in [0.1, 0.15) is 22.7 Å². The van der Waals surface area contributed by atoms with Gasteiger partial charge in [-0.2, -0.15) is 5.26 Å². The van der Waals surface area contributed by atoms with Crippen LogP contribution < -0.4 is 10.1 Å². The van der Waals surface area contributed by atoms with E-state index in [1.165, 1.54) is 24.0 Å². The Morgan fingerprint density at radius 3 is 2.55 bits per heavy atom. The van der Waals surface area contributed by atoms with E-state index in [1.807, 2.05) is 24.3 Å². The van der Waals surface area contributed by atoms with Crippen LogP contribution in [-0.4, -0.2) is 15.0 Å². The molecule has 3 aromatic heterocycles. The summed E-state index contributed by atoms with van der Waals surface area (Å²) in [6, 6.07) is 15.4. The second-order valence-electron chi connectivity index (χ2n) is 6.13. The molecule has 1 N–H and O–H groups in total. The highest BCUT2D eigenvalue weighted by Crippen LogP contribution is 2.36. The average Bonchev–Trinajstić information content (AvgIpc) is 2.78. The maximum absolute atomic E-state index is 14.2. The Balaban J connectivity index is 1.67. The van der Waals surface area contributed by atoms with Gasteiger partial charge >= 0.3 is 0 Å². The summed E-state index contributed by atoms with van der Waals surface area (Å²) in [5.41, 5.74) is 0.408. The van der Waals surface area contributed by atoms with E-state index in [0.717, 1.165) is 17.2 Å². The number of rotatable bonds is 6. The van der Waals surface area contributed by atoms with E-state index >= 15 is 0 Å². The smallest absolute Gasteiger partial charge is 0.175 e. The first kappa shape index (κ1) is 20.3. The Bertz CT molecular complexity index is 1250. The van der Waals surface area contributed by atoms with Gasteiger partial charge in [0.05, 0.1) is 5.56 Å². The SMILES string of the molecule is N#Cc1ccc(Nc2ncc(Sc3ccccn3)cc2Oc2ccc(F)cc2F)nc1. The number of nitriles is 1. The van der Waals surface area contributed by atoms with Gasteiger partial charge in [0.2, 0.25) is 0 Å². The lowest BCUT2D eigenvalue weighted by molar-refractivity contribution is 0.437. The fraction of sp³-hybridized carbons (Fsp3) is 0. The van der Waals surface area contributed by atoms with Gasteiger partial charge in [0.15, 0.2) is 23.1 Å². The second kappa shape index (κ2) is 9.19. The van der Waals surface area contributed by atoms with Crippen molar-refractivity contribution in [1.29, 1.82) is 5.26 Å². The monoisotopic (exact) mass is 433 g/mol. The highest BCUT2D eigenvalue weighted by molar-refractivity contribution is 7.99. The largest absolute Gasteiger partial charge is 0.450 e. The third-order valence-corrected chi connectivity index (χ3v) is 4.85. The van der Waals surface area contributed by atoms with Crippen molar-refractivity contribution in [3.05, 3.63) is 90.4 Å². The van der Waals surface area contributed by atoms with Crippen LogP contribution in [0.1, 0.15) is 5.56 Å². The first-order valence-corrected chi connectivity index (χ1v) is 9.77. The van der Waals surface area contributed by atoms with Crippen LogP contribution in [0.3, 0.4) is 0 Å². The first-order chi connectivity index (χ1) is 15.1. The number of nitrogens with zero attached hydrogens (tertiary/aromatic N) is 4. The van der Waals surface area contributed by atoms with E-state index in [9.17, 15) is 8.78 Å². The molecular formula is C22H13F2N5OS. The van der Waals surface area contributed by atoms with Crippen molar-refractivity contribution in [3.8, 4) is 17.6 Å². The van der Waals surface area contributed by atoms with Crippen LogP contribution in [0.5, 0.6) is 11.5 Å². The molecule has 0 spiro atoms. The molecule has 1 aromatic carbocycles. The Kier molecular flexibility index (Phi) is 6.01. The Morgan fingerprint density at radius 1 is 0.935 bits per heavy atom. The number of ether oxygens (including phenoxy) is 1. The molecule has 0 bridgehead atoms. The normalized spacial score (nSPS) is 10.4. The molecule has 0 unspecified atom stereocenters. The van der Waals surface area contributed by atoms with E-state index in [1.54, 1.807) is 30.6 Å². The number of nitrogens with one attached hydrogen (secondary N) is 1. The van der Waals surface area contributed by atoms with Crippen LogP contribution in [0.25, 0.3) is 0 Å². The highest BCUT2D eigenvalue weighted by atomic mass is 32.2. The van der Waals surface area contributed by atoms with E-state index in [4.69, 9.17) is 10.00 Å². The fourth-order valence-electron chi connectivity index (χ4n) is 2.51. The van der Waals surface area contributed by atoms with Gasteiger partial charge in [-0.05, 0) is 36.4 Å². The molecule has 0 aliphatic rings. The summed E-state index contributed by atoms with van der Waals surface area (Å²) in [5.74, 6) is -0.809. The maximum Gasteiger partial charge on any atom is 0.175 e. The van der Waals surface area contributed by atoms with E-state index in [0.29, 0.717) is 16.3 Å². The molecule has 4 aromatic rings. The summed E-state index contributed by atoms with van der Waals surface area (Å²) in [6.07, 6.45) is 4.70. The summed E-state index contributed by atoms with van der Waals surface area (Å²) in [6.45, 7) is 0. The minimum Gasteiger partial charge on any atom is -0.450 e. The lowest BCUT2D eigenvalue weighted by atomic mass is 10.3. The molecule has 0 aliphatic heterocycles. The minimum absolute atomic E-state index is 0.154. The lowest BCUT2D eigenvalue weighted by Gasteiger charge is -2.13. The predicted molar refractivity (Wildman–Crippen MR) is 111 cm³/mol. The summed E-state index contributed by atoms with van der Waals surface area (Å²) in [4.78, 5) is 13.5. The summed E-state index contributed by atoms with van der Waals surface area (Å²) in [7, 11) is 0. The maximum atomic E-state index is 14.2. The summed E-state index contributed by atoms with van der Waals surface area (Å²) >= 11 is 1.35. The number of hydrogen-bond donors (Lipinski definition) is 1. The van der Waals surface area contributed by atoms with Gasteiger partial charge in [-0.3, -0.25) is 0 Å². The van der Waals surface area contributed by atoms with Gasteiger partial charge in [0.25, 0.3) is 0 Å². The van der Waals surface area contributed by atoms with Crippen LogP contribution in [0, 0.1) is 23.0 Å². The second-order valence-corrected chi connectivity index (χ2v) is 7.23. The van der Waals surface area contributed by atoms with Crippen molar-refractivity contribution < 1.29 is 13.5 Å². The lowest BCUT2D eigenvalue weighted by Crippen LogP contribution is -2.00. The molecular weight excluding hydrogens is 420 g/mol. The van der Waals surface area contributed by atoms with Crippen LogP contribution in [0.15, 0.2) is 83.1 Å². The molecule has 0 amide bonds. The zero-order chi connectivity index (χ0) is 21.6. The zero-order valence-electron chi connectivity index (χ0n) is 15.8. The van der Waals surface area contributed by atoms with Crippen molar-refractivity contribution in [2.24, 2.45) is 0 Å². The van der Waals surface area contributed by atoms with Crippen molar-refractivity contribution in [2.75, 3.05) is 5.32 Å². The standard InChI is InChI=1S/C22H13F2N5OS/c23-15-5-6-18(17(24)9-15)30-19-10-16(31-21-3-1-2-8-26-21)13-28-22(19)29-20-7-4-14(11-25)12-27-20/h1-10,12-13H,(H,27,28,29). The van der Waals surface area contributed by atoms with E-state index < -0.39 is 11.6 Å². The van der Waals surface area contributed by atoms with Crippen LogP contribution in [0.4, 0.5) is 20.4 Å². The van der Waals surface area contributed by atoms with E-state index in [2.05, 4.69) is 20.3 Å². The van der Waals surface area contributed by atoms with Gasteiger partial charge in [-0.15, -0.1) is 0 Å². The van der Waals surface area contributed by atoms with Gasteiger partial charge in [-0.25, -0.2) is 23.7 Å². The fourth-order valence-corrected chi connectivity index (χ4v) is 3.29. The Morgan fingerprint density at radius 2 is 1.84 bits per heavy atom. The molecule has 31 heavy (non-hydrogen) atoms. The molecule has 0 atom stereocenters. The zero-order valence-corrected chi connectivity index (χ0v) is 16.6. The number of aromatic nitrogens is 3. The molecule has 0 saturated heterocycles. The minimum atomic E-state index is -0.842. The average molecular weight is 433 g/mol. The van der Waals surface area contributed by atoms with Gasteiger partial charge in [-0.1, -0.05) is 17.8 Å². The summed E-state index contributed by atoms with van der Waals surface area (Å²) in [5, 5.41) is 12.6. The predicted octanol–water partition coefficient (Wildman–Crippen LogP) is 5.71. The summed E-state index contributed by atoms with van der Waals surface area (Å²) < 4.78 is 33.1. The van der Waals surface area contributed by atoms with Crippen molar-refractivity contribution in [1.82, 2.24) is 15.0 Å². The molecule has 4 rings (SSSR count). The molecule has 6 nitrogen and oxygen atoms in total. The molecule has 152 valence electrons. The van der Waals surface area contributed by atoms with Gasteiger partial charge in [0, 0.05) is 35.6 Å². The Labute approximate surface area is 180 Å². The van der Waals surface area contributed by atoms with Crippen LogP contribution in [0.2, 0.25) is 0 Å². The molecule has 9 heteroatoms.